The van der Waals surface area contributed by atoms with Crippen molar-refractivity contribution in [3.8, 4) is 0 Å². The first-order valence-corrected chi connectivity index (χ1v) is 6.29. The Morgan fingerprint density at radius 3 is 2.67 bits per heavy atom. The summed E-state index contributed by atoms with van der Waals surface area (Å²) >= 11 is 3.78. The molecule has 0 nitrogen and oxygen atoms in total. The molecular formula is C11H21Br. The van der Waals surface area contributed by atoms with Crippen LogP contribution in [0, 0.1) is 11.8 Å². The maximum Gasteiger partial charge on any atom is 0.0174 e. The van der Waals surface area contributed by atoms with Crippen LogP contribution in [0.1, 0.15) is 52.4 Å². The Labute approximate surface area is 85.3 Å². The second kappa shape index (κ2) is 5.26. The molecule has 0 aromatic heterocycles. The predicted octanol–water partition coefficient (Wildman–Crippen LogP) is 4.38. The molecule has 0 aromatic carbocycles. The average molecular weight is 233 g/mol. The highest BCUT2D eigenvalue weighted by molar-refractivity contribution is 9.09. The summed E-state index contributed by atoms with van der Waals surface area (Å²) in [5.74, 6) is 1.92. The third-order valence-electron chi connectivity index (χ3n) is 3.05. The van der Waals surface area contributed by atoms with Crippen molar-refractivity contribution in [2.24, 2.45) is 11.8 Å². The first-order chi connectivity index (χ1) is 5.74. The standard InChI is InChI=1S/C11H21Br/c1-3-5-9(2)8-10-6-4-7-11(10)12/h9-11H,3-8H2,1-2H3. The molecule has 3 unspecified atom stereocenters. The minimum Gasteiger partial charge on any atom is -0.0888 e. The molecule has 0 heterocycles. The molecule has 3 atom stereocenters. The Bertz CT molecular complexity index is 122. The van der Waals surface area contributed by atoms with E-state index in [1.54, 1.807) is 0 Å². The quantitative estimate of drug-likeness (QED) is 0.632. The summed E-state index contributed by atoms with van der Waals surface area (Å²) in [6, 6.07) is 0. The molecule has 1 fully saturated rings. The van der Waals surface area contributed by atoms with Gasteiger partial charge in [0.2, 0.25) is 0 Å². The molecule has 72 valence electrons. The molecule has 1 heteroatoms. The number of alkyl halides is 1. The summed E-state index contributed by atoms with van der Waals surface area (Å²) in [4.78, 5) is 0.830. The fourth-order valence-corrected chi connectivity index (χ4v) is 3.19. The van der Waals surface area contributed by atoms with Gasteiger partial charge < -0.3 is 0 Å². The van der Waals surface area contributed by atoms with Gasteiger partial charge in [-0.15, -0.1) is 0 Å². The van der Waals surface area contributed by atoms with Gasteiger partial charge >= 0.3 is 0 Å². The van der Waals surface area contributed by atoms with Crippen LogP contribution in [0.4, 0.5) is 0 Å². The lowest BCUT2D eigenvalue weighted by Gasteiger charge is -2.18. The predicted molar refractivity (Wildman–Crippen MR) is 58.7 cm³/mol. The summed E-state index contributed by atoms with van der Waals surface area (Å²) in [6.07, 6.45) is 8.52. The molecule has 1 saturated carbocycles. The highest BCUT2D eigenvalue weighted by Gasteiger charge is 2.25. The van der Waals surface area contributed by atoms with Gasteiger partial charge in [-0.05, 0) is 31.1 Å². The van der Waals surface area contributed by atoms with Crippen LogP contribution in [0.5, 0.6) is 0 Å². The average Bonchev–Trinajstić information content (AvgIpc) is 2.37. The molecule has 0 spiro atoms. The minimum atomic E-state index is 0.830. The van der Waals surface area contributed by atoms with Crippen LogP contribution >= 0.6 is 15.9 Å². The molecule has 0 bridgehead atoms. The van der Waals surface area contributed by atoms with Gasteiger partial charge in [0, 0.05) is 4.83 Å². The van der Waals surface area contributed by atoms with E-state index in [9.17, 15) is 0 Å². The molecule has 0 N–H and O–H groups in total. The highest BCUT2D eigenvalue weighted by atomic mass is 79.9. The second-order valence-corrected chi connectivity index (χ2v) is 5.51. The topological polar surface area (TPSA) is 0 Å². The molecule has 0 radical (unpaired) electrons. The van der Waals surface area contributed by atoms with Gasteiger partial charge in [-0.1, -0.05) is 49.0 Å². The van der Waals surface area contributed by atoms with Crippen LogP contribution < -0.4 is 0 Å². The van der Waals surface area contributed by atoms with Crippen molar-refractivity contribution in [3.63, 3.8) is 0 Å². The van der Waals surface area contributed by atoms with E-state index in [-0.39, 0.29) is 0 Å². The normalized spacial score (nSPS) is 32.2. The summed E-state index contributed by atoms with van der Waals surface area (Å²) < 4.78 is 0. The maximum absolute atomic E-state index is 3.78. The Morgan fingerprint density at radius 1 is 1.42 bits per heavy atom. The third kappa shape index (κ3) is 3.08. The highest BCUT2D eigenvalue weighted by Crippen LogP contribution is 2.36. The van der Waals surface area contributed by atoms with E-state index in [0.717, 1.165) is 16.7 Å². The van der Waals surface area contributed by atoms with Crippen LogP contribution in [0.3, 0.4) is 0 Å². The molecule has 1 rings (SSSR count). The van der Waals surface area contributed by atoms with Gasteiger partial charge in [-0.2, -0.15) is 0 Å². The van der Waals surface area contributed by atoms with E-state index >= 15 is 0 Å². The van der Waals surface area contributed by atoms with Gasteiger partial charge in [0.05, 0.1) is 0 Å². The maximum atomic E-state index is 3.78. The zero-order valence-electron chi connectivity index (χ0n) is 8.35. The number of hydrogen-bond donors (Lipinski definition) is 0. The Kier molecular flexibility index (Phi) is 4.63. The molecule has 0 saturated heterocycles. The van der Waals surface area contributed by atoms with Gasteiger partial charge in [0.25, 0.3) is 0 Å². The Hall–Kier alpha value is 0.480. The first-order valence-electron chi connectivity index (χ1n) is 5.38. The minimum absolute atomic E-state index is 0.830. The third-order valence-corrected chi connectivity index (χ3v) is 4.26. The lowest BCUT2D eigenvalue weighted by Crippen LogP contribution is -2.10. The van der Waals surface area contributed by atoms with Crippen LogP contribution in [-0.4, -0.2) is 4.83 Å². The Balaban J connectivity index is 2.20. The Morgan fingerprint density at radius 2 is 2.17 bits per heavy atom. The zero-order valence-corrected chi connectivity index (χ0v) is 9.94. The van der Waals surface area contributed by atoms with Crippen molar-refractivity contribution in [3.05, 3.63) is 0 Å². The summed E-state index contributed by atoms with van der Waals surface area (Å²) in [5, 5.41) is 0. The van der Waals surface area contributed by atoms with Crippen molar-refractivity contribution in [1.82, 2.24) is 0 Å². The monoisotopic (exact) mass is 232 g/mol. The smallest absolute Gasteiger partial charge is 0.0174 e. The van der Waals surface area contributed by atoms with Crippen molar-refractivity contribution in [2.45, 2.75) is 57.2 Å². The van der Waals surface area contributed by atoms with Gasteiger partial charge in [-0.25, -0.2) is 0 Å². The van der Waals surface area contributed by atoms with Crippen molar-refractivity contribution in [1.29, 1.82) is 0 Å². The SMILES string of the molecule is CCCC(C)CC1CCCC1Br. The molecule has 12 heavy (non-hydrogen) atoms. The molecule has 0 amide bonds. The van der Waals surface area contributed by atoms with Crippen molar-refractivity contribution < 1.29 is 0 Å². The van der Waals surface area contributed by atoms with E-state index in [0.29, 0.717) is 0 Å². The van der Waals surface area contributed by atoms with Gasteiger partial charge in [0.1, 0.15) is 0 Å². The summed E-state index contributed by atoms with van der Waals surface area (Å²) in [7, 11) is 0. The molecule has 1 aliphatic rings. The fraction of sp³-hybridized carbons (Fsp3) is 1.00. The van der Waals surface area contributed by atoms with E-state index in [2.05, 4.69) is 29.8 Å². The van der Waals surface area contributed by atoms with E-state index in [1.165, 1.54) is 38.5 Å². The lowest BCUT2D eigenvalue weighted by atomic mass is 9.92. The van der Waals surface area contributed by atoms with Crippen molar-refractivity contribution in [2.75, 3.05) is 0 Å². The van der Waals surface area contributed by atoms with Crippen molar-refractivity contribution >= 4 is 15.9 Å². The molecular weight excluding hydrogens is 212 g/mol. The van der Waals surface area contributed by atoms with Crippen LogP contribution in [0.25, 0.3) is 0 Å². The van der Waals surface area contributed by atoms with E-state index in [4.69, 9.17) is 0 Å². The van der Waals surface area contributed by atoms with E-state index < -0.39 is 0 Å². The lowest BCUT2D eigenvalue weighted by molar-refractivity contribution is 0.384. The van der Waals surface area contributed by atoms with Gasteiger partial charge in [0.15, 0.2) is 0 Å². The van der Waals surface area contributed by atoms with Crippen LogP contribution in [0.2, 0.25) is 0 Å². The zero-order chi connectivity index (χ0) is 8.97. The molecule has 0 aromatic rings. The summed E-state index contributed by atoms with van der Waals surface area (Å²) in [5.41, 5.74) is 0. The number of halogens is 1. The first kappa shape index (κ1) is 10.6. The molecule has 1 aliphatic carbocycles. The van der Waals surface area contributed by atoms with Crippen LogP contribution in [0.15, 0.2) is 0 Å². The van der Waals surface area contributed by atoms with Crippen LogP contribution in [-0.2, 0) is 0 Å². The number of hydrogen-bond acceptors (Lipinski definition) is 0. The van der Waals surface area contributed by atoms with Gasteiger partial charge in [-0.3, -0.25) is 0 Å². The fourth-order valence-electron chi connectivity index (χ4n) is 2.38. The number of rotatable bonds is 4. The van der Waals surface area contributed by atoms with E-state index in [1.807, 2.05) is 0 Å². The second-order valence-electron chi connectivity index (χ2n) is 4.34. The largest absolute Gasteiger partial charge is 0.0888 e. The molecule has 0 aliphatic heterocycles. The summed E-state index contributed by atoms with van der Waals surface area (Å²) in [6.45, 7) is 4.69.